The number of rotatable bonds is 4. The van der Waals surface area contributed by atoms with Crippen LogP contribution in [0.4, 0.5) is 26.3 Å². The van der Waals surface area contributed by atoms with E-state index in [2.05, 4.69) is 9.98 Å². The lowest BCUT2D eigenvalue weighted by molar-refractivity contribution is -0.139. The fourth-order valence-corrected chi connectivity index (χ4v) is 4.36. The van der Waals surface area contributed by atoms with Crippen LogP contribution in [0.25, 0.3) is 21.5 Å². The molecule has 208 valence electrons. The lowest BCUT2D eigenvalue weighted by Gasteiger charge is -2.22. The molecule has 0 amide bonds. The molecule has 0 aromatic heterocycles. The molecule has 12 heteroatoms. The lowest BCUT2D eigenvalue weighted by atomic mass is 10.0. The second kappa shape index (κ2) is 10.7. The predicted octanol–water partition coefficient (Wildman–Crippen LogP) is 8.11. The Morgan fingerprint density at radius 1 is 0.548 bits per heavy atom. The van der Waals surface area contributed by atoms with Crippen molar-refractivity contribution in [2.75, 3.05) is 0 Å². The number of nitrogens with zero attached hydrogens (tertiary/aromatic N) is 4. The van der Waals surface area contributed by atoms with Gasteiger partial charge < -0.3 is 9.47 Å². The van der Waals surface area contributed by atoms with Crippen molar-refractivity contribution in [3.05, 3.63) is 108 Å². The average molecular weight is 576 g/mol. The molecule has 0 bridgehead atoms. The highest BCUT2D eigenvalue weighted by atomic mass is 19.4. The summed E-state index contributed by atoms with van der Waals surface area (Å²) in [4.78, 5) is 7.17. The molecule has 1 aliphatic carbocycles. The monoisotopic (exact) mass is 576 g/mol. The maximum absolute atomic E-state index is 14.0. The van der Waals surface area contributed by atoms with Crippen molar-refractivity contribution >= 4 is 33.0 Å². The summed E-state index contributed by atoms with van der Waals surface area (Å²) in [6.07, 6.45) is -4.75. The predicted molar refractivity (Wildman–Crippen MR) is 141 cm³/mol. The van der Waals surface area contributed by atoms with Crippen LogP contribution < -0.4 is 9.47 Å². The number of allylic oxidation sites excluding steroid dienone is 2. The van der Waals surface area contributed by atoms with Crippen LogP contribution in [0.2, 0.25) is 0 Å². The summed E-state index contributed by atoms with van der Waals surface area (Å²) < 4.78 is 95.2. The molecule has 0 atom stereocenters. The number of fused-ring (bicyclic) bond motifs is 2. The van der Waals surface area contributed by atoms with Gasteiger partial charge in [-0.3, -0.25) is 0 Å². The Labute approximate surface area is 233 Å². The van der Waals surface area contributed by atoms with Crippen LogP contribution in [0.1, 0.15) is 11.1 Å². The molecule has 0 unspecified atom stereocenters. The van der Waals surface area contributed by atoms with Crippen molar-refractivity contribution in [3.63, 3.8) is 0 Å². The maximum atomic E-state index is 14.0. The first-order valence-corrected chi connectivity index (χ1v) is 11.9. The number of hydrogen-bond acceptors (Lipinski definition) is 6. The summed E-state index contributed by atoms with van der Waals surface area (Å²) in [5.41, 5.74) is -3.01. The Kier molecular flexibility index (Phi) is 7.15. The van der Waals surface area contributed by atoms with Crippen molar-refractivity contribution in [3.8, 4) is 23.9 Å². The van der Waals surface area contributed by atoms with E-state index in [-0.39, 0.29) is 22.2 Å². The molecule has 5 rings (SSSR count). The highest BCUT2D eigenvalue weighted by Crippen LogP contribution is 2.43. The van der Waals surface area contributed by atoms with Crippen LogP contribution in [0.5, 0.6) is 11.5 Å². The SMILES string of the molecule is N#C/N=C1C=C(Oc2c(C(F)(F)F)ccc3ccccc23)/C(=N\C#N)C=C/1Oc1c(C(F)(F)F)ccc2ccccc12. The standard InChI is InChI=1S/C30H14F6N4O2/c31-29(32,33)21-11-9-17-5-1-3-7-19(17)27(21)41-25-13-24(40-16-38)26(14-23(25)39-15-37)42-28-20-8-4-2-6-18(20)10-12-22(28)30(34,35)36/h1-14H/b39-23-,40-24-. The Bertz CT molecular complexity index is 1800. The van der Waals surface area contributed by atoms with Gasteiger partial charge in [0.05, 0.1) is 11.1 Å². The van der Waals surface area contributed by atoms with Gasteiger partial charge >= 0.3 is 12.4 Å². The minimum atomic E-state index is -4.84. The van der Waals surface area contributed by atoms with Gasteiger partial charge in [-0.25, -0.2) is 0 Å². The highest BCUT2D eigenvalue weighted by molar-refractivity contribution is 6.23. The molecule has 0 aliphatic heterocycles. The van der Waals surface area contributed by atoms with Gasteiger partial charge in [-0.15, -0.1) is 0 Å². The number of ether oxygens (including phenoxy) is 2. The van der Waals surface area contributed by atoms with E-state index in [1.54, 1.807) is 24.3 Å². The number of hydrogen-bond donors (Lipinski definition) is 0. The third-order valence-electron chi connectivity index (χ3n) is 6.18. The number of nitriles is 2. The van der Waals surface area contributed by atoms with Gasteiger partial charge in [0.2, 0.25) is 12.4 Å². The fraction of sp³-hybridized carbons (Fsp3) is 0.0667. The van der Waals surface area contributed by atoms with E-state index in [0.29, 0.717) is 10.8 Å². The van der Waals surface area contributed by atoms with E-state index < -0.39 is 46.5 Å². The van der Waals surface area contributed by atoms with Gasteiger partial charge in [-0.05, 0) is 22.9 Å². The third-order valence-corrected chi connectivity index (χ3v) is 6.18. The fourth-order valence-electron chi connectivity index (χ4n) is 4.36. The van der Waals surface area contributed by atoms with E-state index in [1.165, 1.54) is 48.8 Å². The van der Waals surface area contributed by atoms with Gasteiger partial charge in [-0.1, -0.05) is 60.7 Å². The largest absolute Gasteiger partial charge is 0.454 e. The molecule has 4 aromatic rings. The van der Waals surface area contributed by atoms with Crippen LogP contribution in [0.3, 0.4) is 0 Å². The van der Waals surface area contributed by atoms with Crippen LogP contribution >= 0.6 is 0 Å². The normalized spacial score (nSPS) is 15.7. The number of alkyl halides is 6. The molecule has 0 saturated heterocycles. The zero-order chi connectivity index (χ0) is 30.1. The minimum absolute atomic E-state index is 0.0832. The van der Waals surface area contributed by atoms with E-state index in [0.717, 1.165) is 24.3 Å². The minimum Gasteiger partial charge on any atom is -0.454 e. The van der Waals surface area contributed by atoms with Gasteiger partial charge in [0.1, 0.15) is 22.9 Å². The average Bonchev–Trinajstić information content (AvgIpc) is 2.94. The van der Waals surface area contributed by atoms with E-state index >= 15 is 0 Å². The number of aliphatic imine (C=N–C) groups is 2. The van der Waals surface area contributed by atoms with Gasteiger partial charge in [0.25, 0.3) is 0 Å². The van der Waals surface area contributed by atoms with Gasteiger partial charge in [0, 0.05) is 22.9 Å². The topological polar surface area (TPSA) is 90.8 Å². The molecule has 0 saturated carbocycles. The summed E-state index contributed by atoms with van der Waals surface area (Å²) in [6.45, 7) is 0. The van der Waals surface area contributed by atoms with E-state index in [1.807, 2.05) is 0 Å². The Balaban J connectivity index is 1.65. The molecule has 0 radical (unpaired) electrons. The second-order valence-corrected chi connectivity index (χ2v) is 8.74. The molecular formula is C30H14F6N4O2. The Morgan fingerprint density at radius 2 is 0.929 bits per heavy atom. The first-order chi connectivity index (χ1) is 20.0. The molecule has 42 heavy (non-hydrogen) atoms. The van der Waals surface area contributed by atoms with Gasteiger partial charge in [-0.2, -0.15) is 46.9 Å². The zero-order valence-corrected chi connectivity index (χ0v) is 21.0. The zero-order valence-electron chi connectivity index (χ0n) is 21.0. The lowest BCUT2D eigenvalue weighted by Crippen LogP contribution is -2.22. The smallest absolute Gasteiger partial charge is 0.420 e. The third kappa shape index (κ3) is 5.38. The van der Waals surface area contributed by atoms with Crippen molar-refractivity contribution in [2.45, 2.75) is 12.4 Å². The molecular weight excluding hydrogens is 562 g/mol. The molecule has 1 aliphatic rings. The van der Waals surface area contributed by atoms with Crippen molar-refractivity contribution in [1.82, 2.24) is 0 Å². The van der Waals surface area contributed by atoms with Crippen molar-refractivity contribution in [2.24, 2.45) is 9.98 Å². The molecule has 0 N–H and O–H groups in total. The number of halogens is 6. The molecule has 0 heterocycles. The quantitative estimate of drug-likeness (QED) is 0.139. The summed E-state index contributed by atoms with van der Waals surface area (Å²) >= 11 is 0. The molecule has 6 nitrogen and oxygen atoms in total. The number of benzene rings is 4. The molecule has 0 fully saturated rings. The first-order valence-electron chi connectivity index (χ1n) is 11.9. The summed E-state index contributed by atoms with van der Waals surface area (Å²) in [6, 6.07) is 16.4. The summed E-state index contributed by atoms with van der Waals surface area (Å²) in [7, 11) is 0. The van der Waals surface area contributed by atoms with Crippen LogP contribution in [-0.4, -0.2) is 11.4 Å². The van der Waals surface area contributed by atoms with Crippen LogP contribution in [0, 0.1) is 22.9 Å². The van der Waals surface area contributed by atoms with Gasteiger partial charge in [0.15, 0.2) is 11.5 Å². The van der Waals surface area contributed by atoms with E-state index in [4.69, 9.17) is 9.47 Å². The Morgan fingerprint density at radius 3 is 1.29 bits per heavy atom. The maximum Gasteiger partial charge on any atom is 0.420 e. The van der Waals surface area contributed by atoms with Crippen LogP contribution in [-0.2, 0) is 12.4 Å². The highest BCUT2D eigenvalue weighted by Gasteiger charge is 2.38. The van der Waals surface area contributed by atoms with Crippen LogP contribution in [0.15, 0.2) is 106 Å². The Hall–Kier alpha value is -5.62. The summed E-state index contributed by atoms with van der Waals surface area (Å²) in [5, 5.41) is 19.6. The summed E-state index contributed by atoms with van der Waals surface area (Å²) in [5.74, 6) is -2.07. The van der Waals surface area contributed by atoms with Crippen molar-refractivity contribution in [1.29, 1.82) is 10.5 Å². The van der Waals surface area contributed by atoms with Crippen molar-refractivity contribution < 1.29 is 35.8 Å². The molecule has 4 aromatic carbocycles. The first kappa shape index (κ1) is 27.9. The second-order valence-electron chi connectivity index (χ2n) is 8.74. The van der Waals surface area contributed by atoms with E-state index in [9.17, 15) is 36.9 Å². The molecule has 0 spiro atoms.